The maximum atomic E-state index is 6.06. The number of pyridine rings is 1. The number of aliphatic imine (C=N–C) groups is 1. The van der Waals surface area contributed by atoms with Crippen LogP contribution >= 0.6 is 24.0 Å². The summed E-state index contributed by atoms with van der Waals surface area (Å²) in [6.45, 7) is 10.8. The van der Waals surface area contributed by atoms with E-state index in [2.05, 4.69) is 40.8 Å². The molecule has 0 bridgehead atoms. The van der Waals surface area contributed by atoms with Gasteiger partial charge in [0.25, 0.3) is 0 Å². The molecule has 1 fully saturated rings. The Morgan fingerprint density at radius 2 is 1.91 bits per heavy atom. The quantitative estimate of drug-likeness (QED) is 0.455. The Morgan fingerprint density at radius 3 is 2.50 bits per heavy atom. The van der Waals surface area contributed by atoms with Crippen molar-refractivity contribution in [2.75, 3.05) is 31.1 Å². The first kappa shape index (κ1) is 19.0. The van der Waals surface area contributed by atoms with Crippen molar-refractivity contribution in [3.63, 3.8) is 0 Å². The molecule has 1 aromatic heterocycles. The van der Waals surface area contributed by atoms with E-state index in [-0.39, 0.29) is 24.0 Å². The highest BCUT2D eigenvalue weighted by Crippen LogP contribution is 2.23. The number of nitrogens with two attached hydrogens (primary N) is 1. The first-order chi connectivity index (χ1) is 10.2. The second kappa shape index (κ2) is 9.17. The first-order valence-electron chi connectivity index (χ1n) is 7.92. The van der Waals surface area contributed by atoms with Crippen molar-refractivity contribution in [3.05, 3.63) is 23.4 Å². The van der Waals surface area contributed by atoms with Gasteiger partial charge in [-0.15, -0.1) is 24.0 Å². The van der Waals surface area contributed by atoms with Crippen LogP contribution < -0.4 is 10.6 Å². The van der Waals surface area contributed by atoms with Gasteiger partial charge >= 0.3 is 0 Å². The predicted molar refractivity (Wildman–Crippen MR) is 104 cm³/mol. The zero-order valence-corrected chi connectivity index (χ0v) is 16.2. The summed E-state index contributed by atoms with van der Waals surface area (Å²) in [5, 5.41) is 0. The molecule has 0 aliphatic carbocycles. The molecule has 22 heavy (non-hydrogen) atoms. The Balaban J connectivity index is 0.00000242. The number of guanidine groups is 1. The van der Waals surface area contributed by atoms with E-state index in [1.165, 1.54) is 12.8 Å². The number of hydrogen-bond acceptors (Lipinski definition) is 3. The van der Waals surface area contributed by atoms with Crippen molar-refractivity contribution >= 4 is 35.8 Å². The van der Waals surface area contributed by atoms with Gasteiger partial charge in [-0.2, -0.15) is 0 Å². The molecule has 124 valence electrons. The SMILES string of the molecule is CCN(CC)C(N)=NCc1ccc(C)nc1N1CCCC1.I. The van der Waals surface area contributed by atoms with Gasteiger partial charge in [0.15, 0.2) is 5.96 Å². The number of rotatable bonds is 5. The molecule has 0 unspecified atom stereocenters. The van der Waals surface area contributed by atoms with Gasteiger partial charge in [0.1, 0.15) is 5.82 Å². The van der Waals surface area contributed by atoms with E-state index < -0.39 is 0 Å². The van der Waals surface area contributed by atoms with E-state index in [1.54, 1.807) is 0 Å². The van der Waals surface area contributed by atoms with Crippen LogP contribution in [0.2, 0.25) is 0 Å². The number of nitrogens with zero attached hydrogens (tertiary/aromatic N) is 4. The van der Waals surface area contributed by atoms with Gasteiger partial charge < -0.3 is 15.5 Å². The standard InChI is InChI=1S/C16H27N5.HI/c1-4-20(5-2)16(17)18-12-14-9-8-13(3)19-15(14)21-10-6-7-11-21;/h8-9H,4-7,10-12H2,1-3H3,(H2,17,18);1H. The molecule has 0 aromatic carbocycles. The molecular weight excluding hydrogens is 389 g/mol. The van der Waals surface area contributed by atoms with Crippen molar-refractivity contribution in [3.8, 4) is 0 Å². The molecule has 6 heteroatoms. The molecule has 2 heterocycles. The highest BCUT2D eigenvalue weighted by Gasteiger charge is 2.17. The lowest BCUT2D eigenvalue weighted by atomic mass is 10.2. The number of anilines is 1. The molecule has 1 saturated heterocycles. The van der Waals surface area contributed by atoms with Crippen LogP contribution in [0.3, 0.4) is 0 Å². The lowest BCUT2D eigenvalue weighted by molar-refractivity contribution is 0.458. The van der Waals surface area contributed by atoms with Crippen LogP contribution in [0.1, 0.15) is 37.9 Å². The van der Waals surface area contributed by atoms with E-state index in [0.717, 1.165) is 43.3 Å². The van der Waals surface area contributed by atoms with Crippen LogP contribution in [-0.2, 0) is 6.54 Å². The second-order valence-electron chi connectivity index (χ2n) is 5.48. The monoisotopic (exact) mass is 417 g/mol. The van der Waals surface area contributed by atoms with Crippen LogP contribution in [0, 0.1) is 6.92 Å². The Bertz CT molecular complexity index is 493. The van der Waals surface area contributed by atoms with Gasteiger partial charge in [0.2, 0.25) is 0 Å². The van der Waals surface area contributed by atoms with Gasteiger partial charge in [-0.1, -0.05) is 6.07 Å². The minimum Gasteiger partial charge on any atom is -0.370 e. The normalized spacial score (nSPS) is 14.9. The van der Waals surface area contributed by atoms with E-state index in [1.807, 2.05) is 6.92 Å². The average Bonchev–Trinajstić information content (AvgIpc) is 3.01. The summed E-state index contributed by atoms with van der Waals surface area (Å²) >= 11 is 0. The molecule has 0 saturated carbocycles. The summed E-state index contributed by atoms with van der Waals surface area (Å²) in [4.78, 5) is 13.7. The molecule has 1 aliphatic heterocycles. The van der Waals surface area contributed by atoms with Crippen molar-refractivity contribution in [1.29, 1.82) is 0 Å². The van der Waals surface area contributed by atoms with Gasteiger partial charge in [-0.3, -0.25) is 0 Å². The smallest absolute Gasteiger partial charge is 0.191 e. The summed E-state index contributed by atoms with van der Waals surface area (Å²) < 4.78 is 0. The lowest BCUT2D eigenvalue weighted by Gasteiger charge is -2.21. The Morgan fingerprint density at radius 1 is 1.27 bits per heavy atom. The largest absolute Gasteiger partial charge is 0.370 e. The van der Waals surface area contributed by atoms with Crippen molar-refractivity contribution in [2.24, 2.45) is 10.7 Å². The third kappa shape index (κ3) is 4.72. The third-order valence-corrected chi connectivity index (χ3v) is 4.00. The molecule has 1 aliphatic rings. The molecule has 2 rings (SSSR count). The molecular formula is C16H28IN5. The summed E-state index contributed by atoms with van der Waals surface area (Å²) in [6, 6.07) is 4.19. The highest BCUT2D eigenvalue weighted by atomic mass is 127. The summed E-state index contributed by atoms with van der Waals surface area (Å²) in [6.07, 6.45) is 2.50. The van der Waals surface area contributed by atoms with E-state index in [4.69, 9.17) is 10.7 Å². The molecule has 5 nitrogen and oxygen atoms in total. The van der Waals surface area contributed by atoms with Crippen LogP contribution in [0.15, 0.2) is 17.1 Å². The fourth-order valence-electron chi connectivity index (χ4n) is 2.71. The maximum Gasteiger partial charge on any atom is 0.191 e. The van der Waals surface area contributed by atoms with Crippen molar-refractivity contribution in [1.82, 2.24) is 9.88 Å². The van der Waals surface area contributed by atoms with E-state index in [0.29, 0.717) is 12.5 Å². The Hall–Kier alpha value is -1.05. The number of aryl methyl sites for hydroxylation is 1. The van der Waals surface area contributed by atoms with Crippen LogP contribution in [-0.4, -0.2) is 42.0 Å². The van der Waals surface area contributed by atoms with Crippen molar-refractivity contribution < 1.29 is 0 Å². The molecule has 0 spiro atoms. The Kier molecular flexibility index (Phi) is 7.92. The van der Waals surface area contributed by atoms with Gasteiger partial charge in [-0.25, -0.2) is 9.98 Å². The molecule has 1 aromatic rings. The van der Waals surface area contributed by atoms with Crippen LogP contribution in [0.4, 0.5) is 5.82 Å². The second-order valence-corrected chi connectivity index (χ2v) is 5.48. The molecule has 0 amide bonds. The maximum absolute atomic E-state index is 6.06. The predicted octanol–water partition coefficient (Wildman–Crippen LogP) is 2.76. The third-order valence-electron chi connectivity index (χ3n) is 4.00. The summed E-state index contributed by atoms with van der Waals surface area (Å²) in [7, 11) is 0. The number of aromatic nitrogens is 1. The van der Waals surface area contributed by atoms with Crippen LogP contribution in [0.5, 0.6) is 0 Å². The van der Waals surface area contributed by atoms with E-state index >= 15 is 0 Å². The van der Waals surface area contributed by atoms with Gasteiger partial charge in [-0.05, 0) is 39.7 Å². The Labute approximate surface area is 151 Å². The first-order valence-corrected chi connectivity index (χ1v) is 7.92. The highest BCUT2D eigenvalue weighted by molar-refractivity contribution is 14.0. The van der Waals surface area contributed by atoms with Gasteiger partial charge in [0.05, 0.1) is 6.54 Å². The zero-order chi connectivity index (χ0) is 15.2. The summed E-state index contributed by atoms with van der Waals surface area (Å²) in [5.74, 6) is 1.71. The fraction of sp³-hybridized carbons (Fsp3) is 0.625. The minimum atomic E-state index is 0. The lowest BCUT2D eigenvalue weighted by Crippen LogP contribution is -2.37. The fourth-order valence-corrected chi connectivity index (χ4v) is 2.71. The van der Waals surface area contributed by atoms with Gasteiger partial charge in [0, 0.05) is 37.4 Å². The van der Waals surface area contributed by atoms with Crippen LogP contribution in [0.25, 0.3) is 0 Å². The molecule has 0 atom stereocenters. The number of halogens is 1. The molecule has 0 radical (unpaired) electrons. The molecule has 2 N–H and O–H groups in total. The average molecular weight is 417 g/mol. The number of hydrogen-bond donors (Lipinski definition) is 1. The van der Waals surface area contributed by atoms with E-state index in [9.17, 15) is 0 Å². The minimum absolute atomic E-state index is 0. The summed E-state index contributed by atoms with van der Waals surface area (Å²) in [5.41, 5.74) is 8.28. The zero-order valence-electron chi connectivity index (χ0n) is 13.9. The topological polar surface area (TPSA) is 57.8 Å². The van der Waals surface area contributed by atoms with Crippen molar-refractivity contribution in [2.45, 2.75) is 40.2 Å².